The van der Waals surface area contributed by atoms with Crippen LogP contribution >= 0.6 is 11.3 Å². The molecule has 0 unspecified atom stereocenters. The van der Waals surface area contributed by atoms with E-state index in [0.717, 1.165) is 19.1 Å². The average molecular weight is 354 g/mol. The molecule has 1 aliphatic heterocycles. The van der Waals surface area contributed by atoms with Crippen LogP contribution in [-0.4, -0.2) is 47.2 Å². The Morgan fingerprint density at radius 1 is 1.43 bits per heavy atom. The van der Waals surface area contributed by atoms with Crippen molar-refractivity contribution in [3.63, 3.8) is 0 Å². The van der Waals surface area contributed by atoms with E-state index in [2.05, 4.69) is 15.2 Å². The topological polar surface area (TPSA) is 96.0 Å². The van der Waals surface area contributed by atoms with Gasteiger partial charge in [-0.25, -0.2) is 13.4 Å². The first-order chi connectivity index (χ1) is 10.9. The largest absolute Gasteiger partial charge is 0.329 e. The summed E-state index contributed by atoms with van der Waals surface area (Å²) in [6.07, 6.45) is 5.04. The predicted molar refractivity (Wildman–Crippen MR) is 86.2 cm³/mol. The SMILES string of the molecule is Cc1ncsc1C(=O)N1CCCC[C@H]1c1[nH]ncc1S(C)(=O)=O. The molecule has 2 aromatic heterocycles. The zero-order valence-electron chi connectivity index (χ0n) is 12.9. The first kappa shape index (κ1) is 16.1. The summed E-state index contributed by atoms with van der Waals surface area (Å²) < 4.78 is 23.9. The number of rotatable bonds is 3. The molecule has 124 valence electrons. The van der Waals surface area contributed by atoms with E-state index in [4.69, 9.17) is 0 Å². The molecule has 0 aromatic carbocycles. The second-order valence-electron chi connectivity index (χ2n) is 5.70. The lowest BCUT2D eigenvalue weighted by atomic mass is 9.99. The standard InChI is InChI=1S/C14H18N4O3S2/c1-9-13(22-8-15-9)14(19)18-6-4-3-5-10(18)12-11(7-16-17-12)23(2,20)21/h7-8,10H,3-6H2,1-2H3,(H,16,17)/t10-/m0/s1. The molecule has 3 heterocycles. The maximum atomic E-state index is 12.9. The van der Waals surface area contributed by atoms with Crippen LogP contribution in [0.1, 0.15) is 46.4 Å². The molecule has 0 bridgehead atoms. The van der Waals surface area contributed by atoms with E-state index < -0.39 is 9.84 Å². The highest BCUT2D eigenvalue weighted by atomic mass is 32.2. The normalized spacial score (nSPS) is 19.0. The minimum Gasteiger partial charge on any atom is -0.329 e. The molecule has 1 atom stereocenters. The quantitative estimate of drug-likeness (QED) is 0.909. The molecule has 1 saturated heterocycles. The number of aromatic nitrogens is 3. The van der Waals surface area contributed by atoms with Crippen LogP contribution in [0.3, 0.4) is 0 Å². The lowest BCUT2D eigenvalue weighted by molar-refractivity contribution is 0.0606. The fraction of sp³-hybridized carbons (Fsp3) is 0.500. The third-order valence-electron chi connectivity index (χ3n) is 4.07. The molecular formula is C14H18N4O3S2. The Bertz CT molecular complexity index is 825. The molecule has 1 amide bonds. The summed E-state index contributed by atoms with van der Waals surface area (Å²) in [4.78, 5) is 19.5. The van der Waals surface area contributed by atoms with Crippen LogP contribution in [0.25, 0.3) is 0 Å². The second-order valence-corrected chi connectivity index (χ2v) is 8.54. The van der Waals surface area contributed by atoms with Crippen LogP contribution < -0.4 is 0 Å². The number of sulfone groups is 1. The first-order valence-electron chi connectivity index (χ1n) is 7.34. The zero-order valence-corrected chi connectivity index (χ0v) is 14.6. The molecule has 9 heteroatoms. The van der Waals surface area contributed by atoms with Gasteiger partial charge in [-0.3, -0.25) is 9.89 Å². The molecule has 0 aliphatic carbocycles. The Hall–Kier alpha value is -1.74. The molecule has 7 nitrogen and oxygen atoms in total. The summed E-state index contributed by atoms with van der Waals surface area (Å²) >= 11 is 1.31. The van der Waals surface area contributed by atoms with Crippen molar-refractivity contribution in [3.8, 4) is 0 Å². The number of hydrogen-bond donors (Lipinski definition) is 1. The highest BCUT2D eigenvalue weighted by Gasteiger charge is 2.34. The maximum Gasteiger partial charge on any atom is 0.266 e. The van der Waals surface area contributed by atoms with Crippen molar-refractivity contribution in [2.75, 3.05) is 12.8 Å². The number of carbonyl (C=O) groups excluding carboxylic acids is 1. The third-order valence-corrected chi connectivity index (χ3v) is 6.11. The van der Waals surface area contributed by atoms with E-state index in [1.807, 2.05) is 0 Å². The Balaban J connectivity index is 1.99. The van der Waals surface area contributed by atoms with Crippen LogP contribution in [0.15, 0.2) is 16.6 Å². The fourth-order valence-corrected chi connectivity index (χ4v) is 4.51. The average Bonchev–Trinajstić information content (AvgIpc) is 3.14. The third kappa shape index (κ3) is 3.02. The molecule has 1 fully saturated rings. The molecule has 0 saturated carbocycles. The van der Waals surface area contributed by atoms with Crippen LogP contribution in [0.4, 0.5) is 0 Å². The van der Waals surface area contributed by atoms with Gasteiger partial charge in [-0.15, -0.1) is 11.3 Å². The number of likely N-dealkylation sites (tertiary alicyclic amines) is 1. The van der Waals surface area contributed by atoms with Crippen molar-refractivity contribution in [1.29, 1.82) is 0 Å². The van der Waals surface area contributed by atoms with Crippen molar-refractivity contribution in [1.82, 2.24) is 20.1 Å². The summed E-state index contributed by atoms with van der Waals surface area (Å²) in [6, 6.07) is -0.301. The second kappa shape index (κ2) is 6.04. The van der Waals surface area contributed by atoms with E-state index in [1.165, 1.54) is 17.5 Å². The lowest BCUT2D eigenvalue weighted by Crippen LogP contribution is -2.39. The van der Waals surface area contributed by atoms with Crippen molar-refractivity contribution in [2.24, 2.45) is 0 Å². The van der Waals surface area contributed by atoms with Gasteiger partial charge in [0.2, 0.25) is 0 Å². The fourth-order valence-electron chi connectivity index (χ4n) is 2.93. The Morgan fingerprint density at radius 3 is 2.87 bits per heavy atom. The van der Waals surface area contributed by atoms with Gasteiger partial charge in [0.05, 0.1) is 29.1 Å². The number of nitrogens with one attached hydrogen (secondary N) is 1. The van der Waals surface area contributed by atoms with Gasteiger partial charge in [0.1, 0.15) is 9.77 Å². The van der Waals surface area contributed by atoms with E-state index in [1.54, 1.807) is 17.3 Å². The number of hydrogen-bond acceptors (Lipinski definition) is 6. The Kier molecular flexibility index (Phi) is 4.24. The van der Waals surface area contributed by atoms with Crippen molar-refractivity contribution >= 4 is 27.1 Å². The molecular weight excluding hydrogens is 336 g/mol. The van der Waals surface area contributed by atoms with Gasteiger partial charge in [-0.1, -0.05) is 0 Å². The number of nitrogens with zero attached hydrogens (tertiary/aromatic N) is 3. The summed E-state index contributed by atoms with van der Waals surface area (Å²) in [7, 11) is -3.39. The Morgan fingerprint density at radius 2 is 2.22 bits per heavy atom. The molecule has 3 rings (SSSR count). The maximum absolute atomic E-state index is 12.9. The van der Waals surface area contributed by atoms with Crippen molar-refractivity contribution in [3.05, 3.63) is 28.0 Å². The number of aromatic amines is 1. The van der Waals surface area contributed by atoms with Crippen LogP contribution in [0, 0.1) is 6.92 Å². The highest BCUT2D eigenvalue weighted by molar-refractivity contribution is 7.90. The number of aryl methyl sites for hydroxylation is 1. The lowest BCUT2D eigenvalue weighted by Gasteiger charge is -2.35. The van der Waals surface area contributed by atoms with Gasteiger partial charge >= 0.3 is 0 Å². The van der Waals surface area contributed by atoms with E-state index >= 15 is 0 Å². The molecule has 0 radical (unpaired) electrons. The number of thiazole rings is 1. The molecule has 0 spiro atoms. The predicted octanol–water partition coefficient (Wildman–Crippen LogP) is 1.95. The van der Waals surface area contributed by atoms with Gasteiger partial charge in [-0.2, -0.15) is 5.10 Å². The number of amides is 1. The monoisotopic (exact) mass is 354 g/mol. The van der Waals surface area contributed by atoms with Gasteiger partial charge in [-0.05, 0) is 26.2 Å². The minimum absolute atomic E-state index is 0.0937. The summed E-state index contributed by atoms with van der Waals surface area (Å²) in [5.74, 6) is -0.0937. The van der Waals surface area contributed by atoms with Crippen LogP contribution in [0.2, 0.25) is 0 Å². The molecule has 2 aromatic rings. The van der Waals surface area contributed by atoms with Gasteiger partial charge < -0.3 is 4.90 Å². The number of piperidine rings is 1. The Labute approximate surface area is 138 Å². The van der Waals surface area contributed by atoms with Gasteiger partial charge in [0.15, 0.2) is 9.84 Å². The van der Waals surface area contributed by atoms with E-state index in [9.17, 15) is 13.2 Å². The van der Waals surface area contributed by atoms with Crippen LogP contribution in [-0.2, 0) is 9.84 Å². The summed E-state index contributed by atoms with van der Waals surface area (Å²) in [5, 5.41) is 6.68. The van der Waals surface area contributed by atoms with E-state index in [0.29, 0.717) is 29.2 Å². The van der Waals surface area contributed by atoms with Crippen molar-refractivity contribution in [2.45, 2.75) is 37.1 Å². The summed E-state index contributed by atoms with van der Waals surface area (Å²) in [6.45, 7) is 2.41. The smallest absolute Gasteiger partial charge is 0.266 e. The molecule has 1 N–H and O–H groups in total. The van der Waals surface area contributed by atoms with Gasteiger partial charge in [0, 0.05) is 12.8 Å². The number of H-pyrrole nitrogens is 1. The molecule has 1 aliphatic rings. The molecule has 23 heavy (non-hydrogen) atoms. The van der Waals surface area contributed by atoms with Gasteiger partial charge in [0.25, 0.3) is 5.91 Å². The van der Waals surface area contributed by atoms with Crippen LogP contribution in [0.5, 0.6) is 0 Å². The highest BCUT2D eigenvalue weighted by Crippen LogP contribution is 2.34. The number of carbonyl (C=O) groups is 1. The minimum atomic E-state index is -3.39. The van der Waals surface area contributed by atoms with E-state index in [-0.39, 0.29) is 16.8 Å². The summed E-state index contributed by atoms with van der Waals surface area (Å²) in [5.41, 5.74) is 2.86. The first-order valence-corrected chi connectivity index (χ1v) is 10.1. The van der Waals surface area contributed by atoms with Crippen molar-refractivity contribution < 1.29 is 13.2 Å². The zero-order chi connectivity index (χ0) is 16.6.